The van der Waals surface area contributed by atoms with Crippen LogP contribution in [0.15, 0.2) is 36.4 Å². The summed E-state index contributed by atoms with van der Waals surface area (Å²) in [6.07, 6.45) is -0.848. The highest BCUT2D eigenvalue weighted by Crippen LogP contribution is 2.18. The number of nitrogens with zero attached hydrogens (tertiary/aromatic N) is 4. The Morgan fingerprint density at radius 3 is 2.35 bits per heavy atom. The largest absolute Gasteiger partial charge is 0.450 e. The number of nitrogens with two attached hydrogens (primary N) is 1. The Balaban J connectivity index is 1.72. The molecule has 2 heterocycles. The molecule has 2 aromatic rings. The molecular formula is C22H25ClN6O5. The lowest BCUT2D eigenvalue weighted by Gasteiger charge is -2.35. The third-order valence-electron chi connectivity index (χ3n) is 5.09. The van der Waals surface area contributed by atoms with Crippen LogP contribution in [0.1, 0.15) is 23.8 Å². The zero-order chi connectivity index (χ0) is 24.7. The first-order valence-electron chi connectivity index (χ1n) is 10.7. The highest BCUT2D eigenvalue weighted by atomic mass is 35.5. The number of ether oxygens (including phenoxy) is 1. The third-order valence-corrected chi connectivity index (χ3v) is 5.28. The van der Waals surface area contributed by atoms with Gasteiger partial charge in [-0.3, -0.25) is 14.4 Å². The van der Waals surface area contributed by atoms with Gasteiger partial charge in [0, 0.05) is 37.8 Å². The molecule has 11 nitrogen and oxygen atoms in total. The Labute approximate surface area is 201 Å². The molecule has 1 saturated heterocycles. The Morgan fingerprint density at radius 1 is 1.09 bits per heavy atom. The summed E-state index contributed by atoms with van der Waals surface area (Å²) in [6, 6.07) is 9.02. The monoisotopic (exact) mass is 488 g/mol. The molecule has 3 N–H and O–H groups in total. The van der Waals surface area contributed by atoms with Crippen LogP contribution in [0.25, 0.3) is 11.4 Å². The van der Waals surface area contributed by atoms with E-state index in [2.05, 4.69) is 15.3 Å². The van der Waals surface area contributed by atoms with Crippen LogP contribution < -0.4 is 11.1 Å². The number of nitrogens with one attached hydrogen (secondary N) is 1. The Hall–Kier alpha value is -3.73. The molecule has 1 aromatic heterocycles. The highest BCUT2D eigenvalue weighted by Gasteiger charge is 2.32. The van der Waals surface area contributed by atoms with Crippen molar-refractivity contribution >= 4 is 35.4 Å². The van der Waals surface area contributed by atoms with Gasteiger partial charge in [-0.2, -0.15) is 0 Å². The summed E-state index contributed by atoms with van der Waals surface area (Å²) in [4.78, 5) is 60.8. The minimum Gasteiger partial charge on any atom is -0.450 e. The fraction of sp³-hybridized carbons (Fsp3) is 0.364. The van der Waals surface area contributed by atoms with E-state index in [1.165, 1.54) is 15.9 Å². The van der Waals surface area contributed by atoms with Crippen molar-refractivity contribution in [3.8, 4) is 11.4 Å². The fourth-order valence-electron chi connectivity index (χ4n) is 3.43. The third kappa shape index (κ3) is 6.41. The average molecular weight is 489 g/mol. The molecule has 1 aliphatic heterocycles. The quantitative estimate of drug-likeness (QED) is 0.554. The van der Waals surface area contributed by atoms with Crippen LogP contribution >= 0.6 is 11.6 Å². The maximum Gasteiger partial charge on any atom is 0.409 e. The van der Waals surface area contributed by atoms with Crippen molar-refractivity contribution < 1.29 is 23.9 Å². The van der Waals surface area contributed by atoms with Crippen LogP contribution in [-0.2, 0) is 14.3 Å². The molecule has 1 atom stereocenters. The number of halogens is 1. The smallest absolute Gasteiger partial charge is 0.409 e. The fourth-order valence-corrected chi connectivity index (χ4v) is 3.61. The van der Waals surface area contributed by atoms with E-state index in [9.17, 15) is 19.2 Å². The van der Waals surface area contributed by atoms with Gasteiger partial charge in [0.05, 0.1) is 13.0 Å². The number of hydrogen-bond donors (Lipinski definition) is 2. The lowest BCUT2D eigenvalue weighted by atomic mass is 10.1. The molecule has 3 rings (SSSR count). The van der Waals surface area contributed by atoms with E-state index in [1.54, 1.807) is 31.2 Å². The summed E-state index contributed by atoms with van der Waals surface area (Å²) in [7, 11) is 0. The number of benzene rings is 1. The summed E-state index contributed by atoms with van der Waals surface area (Å²) in [6.45, 7) is 2.94. The van der Waals surface area contributed by atoms with Gasteiger partial charge in [-0.25, -0.2) is 14.8 Å². The zero-order valence-electron chi connectivity index (χ0n) is 18.6. The van der Waals surface area contributed by atoms with Crippen molar-refractivity contribution in [2.45, 2.75) is 19.4 Å². The number of aromatic nitrogens is 2. The predicted octanol–water partition coefficient (Wildman–Crippen LogP) is 1.07. The normalized spacial score (nSPS) is 14.3. The molecule has 0 aliphatic carbocycles. The van der Waals surface area contributed by atoms with Crippen LogP contribution in [0.3, 0.4) is 0 Å². The SMILES string of the molecule is CCOC(=O)N1CCN(C(=O)C(CC(N)=O)NC(=O)c2cc(Cl)nc(-c3ccccc3)n2)CC1. The van der Waals surface area contributed by atoms with Gasteiger partial charge in [0.2, 0.25) is 11.8 Å². The second kappa shape index (κ2) is 11.4. The number of piperazine rings is 1. The maximum atomic E-state index is 13.1. The number of carbonyl (C=O) groups is 4. The first-order chi connectivity index (χ1) is 16.3. The Kier molecular flexibility index (Phi) is 8.36. The van der Waals surface area contributed by atoms with E-state index in [0.717, 1.165) is 0 Å². The lowest BCUT2D eigenvalue weighted by molar-refractivity contribution is -0.136. The standard InChI is InChI=1S/C22H25ClN6O5/c1-2-34-22(33)29-10-8-28(9-11-29)21(32)16(13-18(24)30)26-20(31)15-12-17(23)27-19(25-15)14-6-4-3-5-7-14/h3-7,12,16H,2,8-11,13H2,1H3,(H2,24,30)(H,26,31). The van der Waals surface area contributed by atoms with Crippen molar-refractivity contribution in [2.24, 2.45) is 5.73 Å². The van der Waals surface area contributed by atoms with E-state index >= 15 is 0 Å². The Morgan fingerprint density at radius 2 is 1.74 bits per heavy atom. The Bertz CT molecular complexity index is 1060. The van der Waals surface area contributed by atoms with Crippen LogP contribution in [0.5, 0.6) is 0 Å². The van der Waals surface area contributed by atoms with Gasteiger partial charge >= 0.3 is 6.09 Å². The van der Waals surface area contributed by atoms with Crippen molar-refractivity contribution in [2.75, 3.05) is 32.8 Å². The molecular weight excluding hydrogens is 464 g/mol. The first kappa shape index (κ1) is 24.9. The number of primary amides is 1. The number of hydrogen-bond acceptors (Lipinski definition) is 7. The minimum atomic E-state index is -1.20. The van der Waals surface area contributed by atoms with Crippen molar-refractivity contribution in [1.29, 1.82) is 0 Å². The molecule has 180 valence electrons. The number of amides is 4. The predicted molar refractivity (Wildman–Crippen MR) is 123 cm³/mol. The van der Waals surface area contributed by atoms with Gasteiger partial charge in [0.1, 0.15) is 16.9 Å². The second-order valence-electron chi connectivity index (χ2n) is 7.47. The maximum absolute atomic E-state index is 13.1. The van der Waals surface area contributed by atoms with Gasteiger partial charge in [-0.05, 0) is 6.92 Å². The molecule has 1 unspecified atom stereocenters. The van der Waals surface area contributed by atoms with Crippen molar-refractivity contribution in [1.82, 2.24) is 25.1 Å². The molecule has 4 amide bonds. The van der Waals surface area contributed by atoms with E-state index in [-0.39, 0.29) is 49.5 Å². The minimum absolute atomic E-state index is 0.0480. The molecule has 1 aliphatic rings. The zero-order valence-corrected chi connectivity index (χ0v) is 19.3. The number of rotatable bonds is 7. The first-order valence-corrected chi connectivity index (χ1v) is 11.1. The van der Waals surface area contributed by atoms with E-state index in [4.69, 9.17) is 22.1 Å². The van der Waals surface area contributed by atoms with Gasteiger partial charge in [-0.1, -0.05) is 41.9 Å². The molecule has 1 fully saturated rings. The van der Waals surface area contributed by atoms with E-state index in [1.807, 2.05) is 6.07 Å². The number of carbonyl (C=O) groups excluding carboxylic acids is 4. The second-order valence-corrected chi connectivity index (χ2v) is 7.86. The van der Waals surface area contributed by atoms with Crippen molar-refractivity contribution in [3.05, 3.63) is 47.2 Å². The topological polar surface area (TPSA) is 148 Å². The van der Waals surface area contributed by atoms with Gasteiger partial charge in [0.15, 0.2) is 5.82 Å². The van der Waals surface area contributed by atoms with Crippen LogP contribution in [0.2, 0.25) is 5.15 Å². The van der Waals surface area contributed by atoms with E-state index in [0.29, 0.717) is 5.56 Å². The molecule has 0 saturated carbocycles. The van der Waals surface area contributed by atoms with Gasteiger partial charge in [0.25, 0.3) is 5.91 Å². The molecule has 0 bridgehead atoms. The van der Waals surface area contributed by atoms with Gasteiger partial charge < -0.3 is 25.6 Å². The van der Waals surface area contributed by atoms with Crippen LogP contribution in [0, 0.1) is 0 Å². The summed E-state index contributed by atoms with van der Waals surface area (Å²) in [5.41, 5.74) is 5.91. The summed E-state index contributed by atoms with van der Waals surface area (Å²) in [5, 5.41) is 2.58. The molecule has 34 heavy (non-hydrogen) atoms. The van der Waals surface area contributed by atoms with Crippen LogP contribution in [-0.4, -0.2) is 82.4 Å². The van der Waals surface area contributed by atoms with Crippen LogP contribution in [0.4, 0.5) is 4.79 Å². The average Bonchev–Trinajstić information content (AvgIpc) is 2.83. The summed E-state index contributed by atoms with van der Waals surface area (Å²) >= 11 is 6.09. The molecule has 0 radical (unpaired) electrons. The lowest BCUT2D eigenvalue weighted by Crippen LogP contribution is -2.56. The highest BCUT2D eigenvalue weighted by molar-refractivity contribution is 6.29. The summed E-state index contributed by atoms with van der Waals surface area (Å²) in [5.74, 6) is -1.70. The van der Waals surface area contributed by atoms with Crippen molar-refractivity contribution in [3.63, 3.8) is 0 Å². The molecule has 1 aromatic carbocycles. The molecule has 0 spiro atoms. The summed E-state index contributed by atoms with van der Waals surface area (Å²) < 4.78 is 4.97. The molecule has 12 heteroatoms. The van der Waals surface area contributed by atoms with E-state index < -0.39 is 36.3 Å². The van der Waals surface area contributed by atoms with Gasteiger partial charge in [-0.15, -0.1) is 0 Å².